The molecule has 0 fully saturated rings. The number of hydrogen-bond acceptors (Lipinski definition) is 0. The van der Waals surface area contributed by atoms with Crippen LogP contribution in [0.3, 0.4) is 0 Å². The van der Waals surface area contributed by atoms with Gasteiger partial charge in [0.2, 0.25) is 0 Å². The molecular formula is C3H8NNa. The summed E-state index contributed by atoms with van der Waals surface area (Å²) in [5.74, 6) is 0. The van der Waals surface area contributed by atoms with Crippen molar-refractivity contribution in [3.8, 4) is 0 Å². The fraction of sp³-hybridized carbons (Fsp3) is 1.00. The third kappa shape index (κ3) is 11.3. The van der Waals surface area contributed by atoms with Crippen molar-refractivity contribution in [3.63, 3.8) is 0 Å². The predicted molar refractivity (Wildman–Crippen MR) is 19.8 cm³/mol. The SMILES string of the molecule is CC[N-]C.[Na+]. The fourth-order valence-electron chi connectivity index (χ4n) is 0. The second-order valence-electron chi connectivity index (χ2n) is 0.632. The number of hydrogen-bond donors (Lipinski definition) is 0. The average Bonchev–Trinajstić information content (AvgIpc) is 1.37. The molecule has 0 bridgehead atoms. The van der Waals surface area contributed by atoms with E-state index >= 15 is 0 Å². The molecule has 26 valence electrons. The minimum absolute atomic E-state index is 0. The smallest absolute Gasteiger partial charge is 0.665 e. The molecule has 5 heavy (non-hydrogen) atoms. The first-order valence-corrected chi connectivity index (χ1v) is 1.47. The molecule has 0 amide bonds. The van der Waals surface area contributed by atoms with Crippen LogP contribution in [-0.2, 0) is 0 Å². The summed E-state index contributed by atoms with van der Waals surface area (Å²) in [6.07, 6.45) is 0. The van der Waals surface area contributed by atoms with Crippen molar-refractivity contribution in [1.82, 2.24) is 0 Å². The van der Waals surface area contributed by atoms with E-state index in [0.29, 0.717) is 0 Å². The van der Waals surface area contributed by atoms with Crippen molar-refractivity contribution in [1.29, 1.82) is 0 Å². The molecular weight excluding hydrogens is 73.0 g/mol. The Morgan fingerprint density at radius 3 is 1.80 bits per heavy atom. The van der Waals surface area contributed by atoms with Crippen LogP contribution in [0.2, 0.25) is 0 Å². The zero-order chi connectivity index (χ0) is 3.41. The van der Waals surface area contributed by atoms with Crippen molar-refractivity contribution in [2.75, 3.05) is 13.6 Å². The maximum atomic E-state index is 3.74. The molecule has 0 aliphatic rings. The molecule has 1 nitrogen and oxygen atoms in total. The van der Waals surface area contributed by atoms with Crippen molar-refractivity contribution >= 4 is 0 Å². The van der Waals surface area contributed by atoms with E-state index in [9.17, 15) is 0 Å². The monoisotopic (exact) mass is 81.1 g/mol. The molecule has 0 rings (SSSR count). The van der Waals surface area contributed by atoms with E-state index < -0.39 is 0 Å². The van der Waals surface area contributed by atoms with Gasteiger partial charge in [0, 0.05) is 0 Å². The van der Waals surface area contributed by atoms with Gasteiger partial charge in [-0.25, -0.2) is 0 Å². The van der Waals surface area contributed by atoms with Crippen molar-refractivity contribution in [2.24, 2.45) is 0 Å². The average molecular weight is 81.1 g/mol. The molecule has 0 saturated carbocycles. The molecule has 0 N–H and O–H groups in total. The zero-order valence-corrected chi connectivity index (χ0v) is 6.15. The van der Waals surface area contributed by atoms with Gasteiger partial charge < -0.3 is 5.32 Å². The third-order valence-corrected chi connectivity index (χ3v) is 0.316. The van der Waals surface area contributed by atoms with Crippen LogP contribution in [0.1, 0.15) is 6.92 Å². The summed E-state index contributed by atoms with van der Waals surface area (Å²) in [7, 11) is 1.81. The summed E-state index contributed by atoms with van der Waals surface area (Å²) in [6, 6.07) is 0. The summed E-state index contributed by atoms with van der Waals surface area (Å²) >= 11 is 0. The summed E-state index contributed by atoms with van der Waals surface area (Å²) in [4.78, 5) is 0. The van der Waals surface area contributed by atoms with E-state index in [4.69, 9.17) is 0 Å². The van der Waals surface area contributed by atoms with E-state index in [1.807, 2.05) is 6.92 Å². The van der Waals surface area contributed by atoms with Crippen LogP contribution in [0.4, 0.5) is 0 Å². The summed E-state index contributed by atoms with van der Waals surface area (Å²) in [5, 5.41) is 3.74. The standard InChI is InChI=1S/C3H8N.Na/c1-3-4-2;/h3H2,1-2H3;/q-1;+1. The minimum Gasteiger partial charge on any atom is -0.665 e. The molecule has 0 unspecified atom stereocenters. The Kier molecular flexibility index (Phi) is 16.6. The fourth-order valence-corrected chi connectivity index (χ4v) is 0. The Labute approximate surface area is 55.4 Å². The quantitative estimate of drug-likeness (QED) is 0.325. The Hall–Kier alpha value is 0.960. The molecule has 2 heteroatoms. The van der Waals surface area contributed by atoms with E-state index in [1.165, 1.54) is 0 Å². The molecule has 0 aromatic heterocycles. The van der Waals surface area contributed by atoms with Crippen LogP contribution in [0.25, 0.3) is 5.32 Å². The first-order valence-electron chi connectivity index (χ1n) is 1.47. The number of rotatable bonds is 1. The van der Waals surface area contributed by atoms with Gasteiger partial charge in [0.1, 0.15) is 0 Å². The van der Waals surface area contributed by atoms with Crippen molar-refractivity contribution < 1.29 is 29.6 Å². The van der Waals surface area contributed by atoms with E-state index in [2.05, 4.69) is 5.32 Å². The number of nitrogens with zero attached hydrogens (tertiary/aromatic N) is 1. The second kappa shape index (κ2) is 8.88. The van der Waals surface area contributed by atoms with E-state index in [-0.39, 0.29) is 29.6 Å². The zero-order valence-electron chi connectivity index (χ0n) is 4.15. The molecule has 0 radical (unpaired) electrons. The van der Waals surface area contributed by atoms with Gasteiger partial charge in [-0.15, -0.1) is 0 Å². The first kappa shape index (κ1) is 9.35. The Morgan fingerprint density at radius 2 is 1.80 bits per heavy atom. The van der Waals surface area contributed by atoms with E-state index in [0.717, 1.165) is 6.54 Å². The molecule has 0 saturated heterocycles. The maximum Gasteiger partial charge on any atom is 1.00 e. The maximum absolute atomic E-state index is 3.74. The van der Waals surface area contributed by atoms with Gasteiger partial charge in [-0.2, -0.15) is 13.6 Å². The summed E-state index contributed by atoms with van der Waals surface area (Å²) < 4.78 is 0. The van der Waals surface area contributed by atoms with Crippen molar-refractivity contribution in [2.45, 2.75) is 6.92 Å². The largest absolute Gasteiger partial charge is 1.00 e. The van der Waals surface area contributed by atoms with Crippen LogP contribution < -0.4 is 29.6 Å². The van der Waals surface area contributed by atoms with Gasteiger partial charge in [-0.05, 0) is 0 Å². The van der Waals surface area contributed by atoms with Gasteiger partial charge in [0.05, 0.1) is 0 Å². The molecule has 0 aliphatic carbocycles. The van der Waals surface area contributed by atoms with Gasteiger partial charge in [0.25, 0.3) is 0 Å². The minimum atomic E-state index is 0. The normalized spacial score (nSPS) is 6.00. The van der Waals surface area contributed by atoms with Crippen LogP contribution in [0.5, 0.6) is 0 Å². The Balaban J connectivity index is 0. The van der Waals surface area contributed by atoms with Crippen LogP contribution in [0, 0.1) is 0 Å². The molecule has 0 atom stereocenters. The molecule has 0 aliphatic heterocycles. The molecule has 0 aromatic rings. The third-order valence-electron chi connectivity index (χ3n) is 0.316. The Morgan fingerprint density at radius 1 is 1.60 bits per heavy atom. The summed E-state index contributed by atoms with van der Waals surface area (Å²) in [5.41, 5.74) is 0. The van der Waals surface area contributed by atoms with Gasteiger partial charge in [0.15, 0.2) is 0 Å². The first-order chi connectivity index (χ1) is 1.91. The van der Waals surface area contributed by atoms with Gasteiger partial charge >= 0.3 is 29.6 Å². The second-order valence-corrected chi connectivity index (χ2v) is 0.632. The summed E-state index contributed by atoms with van der Waals surface area (Å²) in [6.45, 7) is 2.96. The van der Waals surface area contributed by atoms with Crippen LogP contribution in [0.15, 0.2) is 0 Å². The predicted octanol–water partition coefficient (Wildman–Crippen LogP) is -1.99. The van der Waals surface area contributed by atoms with Crippen molar-refractivity contribution in [3.05, 3.63) is 5.32 Å². The van der Waals surface area contributed by atoms with Gasteiger partial charge in [-0.3, -0.25) is 0 Å². The topological polar surface area (TPSA) is 14.1 Å². The molecule has 0 heterocycles. The molecule has 0 spiro atoms. The van der Waals surface area contributed by atoms with Gasteiger partial charge in [-0.1, -0.05) is 6.92 Å². The van der Waals surface area contributed by atoms with E-state index in [1.54, 1.807) is 7.05 Å². The Bertz CT molecular complexity index is 8.85. The molecule has 0 aromatic carbocycles. The van der Waals surface area contributed by atoms with Crippen LogP contribution >= 0.6 is 0 Å². The van der Waals surface area contributed by atoms with Crippen LogP contribution in [-0.4, -0.2) is 13.6 Å².